The summed E-state index contributed by atoms with van der Waals surface area (Å²) in [7, 11) is -3.39. The van der Waals surface area contributed by atoms with Crippen LogP contribution < -0.4 is 0 Å². The van der Waals surface area contributed by atoms with Crippen LogP contribution in [0.2, 0.25) is 0 Å². The summed E-state index contributed by atoms with van der Waals surface area (Å²) < 4.78 is 22.1. The van der Waals surface area contributed by atoms with Crippen LogP contribution in [-0.2, 0) is 16.4 Å². The zero-order valence-electron chi connectivity index (χ0n) is 7.06. The Morgan fingerprint density at radius 1 is 1.38 bits per heavy atom. The lowest BCUT2D eigenvalue weighted by atomic mass is 10.2. The van der Waals surface area contributed by atoms with Gasteiger partial charge in [0.25, 0.3) is 0 Å². The first kappa shape index (κ1) is 10.0. The molecule has 5 heteroatoms. The van der Waals surface area contributed by atoms with Crippen LogP contribution in [0.15, 0.2) is 23.1 Å². The van der Waals surface area contributed by atoms with Gasteiger partial charge < -0.3 is 10.2 Å². The van der Waals surface area contributed by atoms with Gasteiger partial charge in [0.05, 0.1) is 6.61 Å². The summed E-state index contributed by atoms with van der Waals surface area (Å²) >= 11 is 0. The molecule has 2 N–H and O–H groups in total. The molecule has 0 atom stereocenters. The molecule has 0 spiro atoms. The van der Waals surface area contributed by atoms with Gasteiger partial charge in [0.1, 0.15) is 10.6 Å². The van der Waals surface area contributed by atoms with E-state index in [4.69, 9.17) is 5.11 Å². The van der Waals surface area contributed by atoms with Gasteiger partial charge in [0.15, 0.2) is 9.84 Å². The third-order valence-electron chi connectivity index (χ3n) is 1.61. The molecule has 0 aromatic heterocycles. The van der Waals surface area contributed by atoms with Gasteiger partial charge in [0.2, 0.25) is 0 Å². The minimum absolute atomic E-state index is 0.121. The Morgan fingerprint density at radius 3 is 2.38 bits per heavy atom. The standard InChI is InChI=1S/C8H10O4S/c1-13(11,12)8-3-2-6(5-9)4-7(8)10/h2-4,9-10H,5H2,1H3. The Hall–Kier alpha value is -1.07. The lowest BCUT2D eigenvalue weighted by Crippen LogP contribution is -1.98. The van der Waals surface area contributed by atoms with E-state index in [2.05, 4.69) is 0 Å². The molecular weight excluding hydrogens is 192 g/mol. The van der Waals surface area contributed by atoms with Crippen molar-refractivity contribution >= 4 is 9.84 Å². The number of benzene rings is 1. The molecular formula is C8H10O4S. The zero-order chi connectivity index (χ0) is 10.1. The van der Waals surface area contributed by atoms with Crippen LogP contribution in [0.25, 0.3) is 0 Å². The van der Waals surface area contributed by atoms with Gasteiger partial charge in [-0.25, -0.2) is 8.42 Å². The second-order valence-electron chi connectivity index (χ2n) is 2.73. The van der Waals surface area contributed by atoms with E-state index in [1.165, 1.54) is 18.2 Å². The molecule has 1 aromatic carbocycles. The van der Waals surface area contributed by atoms with E-state index in [1.54, 1.807) is 0 Å². The Labute approximate surface area is 76.4 Å². The fourth-order valence-electron chi connectivity index (χ4n) is 0.975. The van der Waals surface area contributed by atoms with Crippen molar-refractivity contribution in [3.63, 3.8) is 0 Å². The number of rotatable bonds is 2. The summed E-state index contributed by atoms with van der Waals surface area (Å²) in [5.41, 5.74) is 0.477. The fourth-order valence-corrected chi connectivity index (χ4v) is 1.73. The summed E-state index contributed by atoms with van der Waals surface area (Å²) in [5, 5.41) is 18.0. The van der Waals surface area contributed by atoms with E-state index in [-0.39, 0.29) is 17.3 Å². The minimum atomic E-state index is -3.39. The molecule has 0 amide bonds. The van der Waals surface area contributed by atoms with E-state index in [0.29, 0.717) is 5.56 Å². The fraction of sp³-hybridized carbons (Fsp3) is 0.250. The van der Waals surface area contributed by atoms with Crippen molar-refractivity contribution in [3.8, 4) is 5.75 Å². The summed E-state index contributed by atoms with van der Waals surface area (Å²) in [6, 6.07) is 3.96. The normalized spacial score (nSPS) is 11.5. The number of phenolic OH excluding ortho intramolecular Hbond substituents is 1. The average molecular weight is 202 g/mol. The first-order chi connectivity index (χ1) is 5.95. The molecule has 72 valence electrons. The van der Waals surface area contributed by atoms with Gasteiger partial charge >= 0.3 is 0 Å². The van der Waals surface area contributed by atoms with E-state index < -0.39 is 9.84 Å². The SMILES string of the molecule is CS(=O)(=O)c1ccc(CO)cc1O. The predicted octanol–water partition coefficient (Wildman–Crippen LogP) is 0.288. The lowest BCUT2D eigenvalue weighted by Gasteiger charge is -2.03. The highest BCUT2D eigenvalue weighted by Crippen LogP contribution is 2.23. The largest absolute Gasteiger partial charge is 0.507 e. The molecule has 0 aliphatic carbocycles. The zero-order valence-corrected chi connectivity index (χ0v) is 7.87. The molecule has 0 aliphatic heterocycles. The summed E-state index contributed by atoms with van der Waals surface area (Å²) in [6.45, 7) is -0.225. The molecule has 1 aromatic rings. The molecule has 1 rings (SSSR count). The molecule has 4 nitrogen and oxygen atoms in total. The predicted molar refractivity (Wildman–Crippen MR) is 47.1 cm³/mol. The molecule has 0 unspecified atom stereocenters. The van der Waals surface area contributed by atoms with E-state index in [1.807, 2.05) is 0 Å². The van der Waals surface area contributed by atoms with Gasteiger partial charge in [-0.2, -0.15) is 0 Å². The summed E-state index contributed by atoms with van der Waals surface area (Å²) in [4.78, 5) is -0.121. The quantitative estimate of drug-likeness (QED) is 0.722. The van der Waals surface area contributed by atoms with Crippen LogP contribution in [0.5, 0.6) is 5.75 Å². The summed E-state index contributed by atoms with van der Waals surface area (Å²) in [5.74, 6) is -0.325. The van der Waals surface area contributed by atoms with Gasteiger partial charge in [-0.05, 0) is 17.7 Å². The Bertz CT molecular complexity index is 408. The molecule has 0 saturated heterocycles. The van der Waals surface area contributed by atoms with Crippen LogP contribution in [0.3, 0.4) is 0 Å². The van der Waals surface area contributed by atoms with Gasteiger partial charge in [0, 0.05) is 6.26 Å². The first-order valence-electron chi connectivity index (χ1n) is 3.58. The lowest BCUT2D eigenvalue weighted by molar-refractivity contribution is 0.281. The number of sulfone groups is 1. The number of aromatic hydroxyl groups is 1. The van der Waals surface area contributed by atoms with Crippen molar-refractivity contribution in [1.82, 2.24) is 0 Å². The van der Waals surface area contributed by atoms with Crippen molar-refractivity contribution in [3.05, 3.63) is 23.8 Å². The third-order valence-corrected chi connectivity index (χ3v) is 2.75. The van der Waals surface area contributed by atoms with Crippen LogP contribution >= 0.6 is 0 Å². The number of aliphatic hydroxyl groups excluding tert-OH is 1. The molecule has 0 aliphatic rings. The molecule has 0 heterocycles. The van der Waals surface area contributed by atoms with Crippen molar-refractivity contribution < 1.29 is 18.6 Å². The summed E-state index contributed by atoms with van der Waals surface area (Å²) in [6.07, 6.45) is 1.01. The molecule has 0 bridgehead atoms. The van der Waals surface area contributed by atoms with E-state index in [0.717, 1.165) is 6.26 Å². The Balaban J connectivity index is 3.29. The van der Waals surface area contributed by atoms with Crippen molar-refractivity contribution in [2.75, 3.05) is 6.26 Å². The number of aliphatic hydroxyl groups is 1. The van der Waals surface area contributed by atoms with Crippen LogP contribution in [0.1, 0.15) is 5.56 Å². The Morgan fingerprint density at radius 2 is 2.00 bits per heavy atom. The monoisotopic (exact) mass is 202 g/mol. The van der Waals surface area contributed by atoms with Crippen LogP contribution in [0, 0.1) is 0 Å². The maximum absolute atomic E-state index is 11.0. The second kappa shape index (κ2) is 3.35. The maximum atomic E-state index is 11.0. The smallest absolute Gasteiger partial charge is 0.179 e. The van der Waals surface area contributed by atoms with Gasteiger partial charge in [-0.15, -0.1) is 0 Å². The number of hydrogen-bond acceptors (Lipinski definition) is 4. The van der Waals surface area contributed by atoms with Gasteiger partial charge in [-0.1, -0.05) is 6.07 Å². The third kappa shape index (κ3) is 2.19. The van der Waals surface area contributed by atoms with Crippen molar-refractivity contribution in [2.24, 2.45) is 0 Å². The highest BCUT2D eigenvalue weighted by Gasteiger charge is 2.12. The van der Waals surface area contributed by atoms with E-state index in [9.17, 15) is 13.5 Å². The molecule has 0 fully saturated rings. The second-order valence-corrected chi connectivity index (χ2v) is 4.72. The highest BCUT2D eigenvalue weighted by molar-refractivity contribution is 7.90. The average Bonchev–Trinajstić information content (AvgIpc) is 2.01. The number of phenols is 1. The van der Waals surface area contributed by atoms with E-state index >= 15 is 0 Å². The molecule has 0 saturated carbocycles. The van der Waals surface area contributed by atoms with Crippen LogP contribution in [-0.4, -0.2) is 24.9 Å². The highest BCUT2D eigenvalue weighted by atomic mass is 32.2. The topological polar surface area (TPSA) is 74.6 Å². The Kier molecular flexibility index (Phi) is 2.58. The first-order valence-corrected chi connectivity index (χ1v) is 5.47. The maximum Gasteiger partial charge on any atom is 0.179 e. The van der Waals surface area contributed by atoms with Crippen LogP contribution in [0.4, 0.5) is 0 Å². The number of hydrogen-bond donors (Lipinski definition) is 2. The molecule has 13 heavy (non-hydrogen) atoms. The van der Waals surface area contributed by atoms with Crippen molar-refractivity contribution in [2.45, 2.75) is 11.5 Å². The van der Waals surface area contributed by atoms with Crippen molar-refractivity contribution in [1.29, 1.82) is 0 Å². The molecule has 0 radical (unpaired) electrons. The van der Waals surface area contributed by atoms with Gasteiger partial charge in [-0.3, -0.25) is 0 Å². The minimum Gasteiger partial charge on any atom is -0.507 e.